The highest BCUT2D eigenvalue weighted by Crippen LogP contribution is 2.22. The molecule has 1 aromatic heterocycles. The Kier molecular flexibility index (Phi) is 3.18. The van der Waals surface area contributed by atoms with E-state index in [0.29, 0.717) is 5.75 Å². The van der Waals surface area contributed by atoms with E-state index in [1.807, 2.05) is 0 Å². The average Bonchev–Trinajstić information content (AvgIpc) is 2.39. The summed E-state index contributed by atoms with van der Waals surface area (Å²) in [5, 5.41) is 9.01. The van der Waals surface area contributed by atoms with Crippen molar-refractivity contribution in [2.45, 2.75) is 0 Å². The number of aromatic carboxylic acids is 1. The van der Waals surface area contributed by atoms with Crippen LogP contribution in [0.3, 0.4) is 0 Å². The molecule has 2 rings (SSSR count). The second-order valence-electron chi connectivity index (χ2n) is 3.44. The fourth-order valence-electron chi connectivity index (χ4n) is 1.45. The summed E-state index contributed by atoms with van der Waals surface area (Å²) >= 11 is 0. The lowest BCUT2D eigenvalue weighted by Gasteiger charge is -2.05. The van der Waals surface area contributed by atoms with E-state index in [0.717, 1.165) is 12.1 Å². The minimum absolute atomic E-state index is 0.180. The predicted octanol–water partition coefficient (Wildman–Crippen LogP) is 1.99. The lowest BCUT2D eigenvalue weighted by atomic mass is 10.1. The molecule has 0 radical (unpaired) electrons. The summed E-state index contributed by atoms with van der Waals surface area (Å²) in [6.45, 7) is 0. The van der Waals surface area contributed by atoms with E-state index in [1.54, 1.807) is 0 Å². The van der Waals surface area contributed by atoms with Gasteiger partial charge in [-0.05, 0) is 18.2 Å². The van der Waals surface area contributed by atoms with Gasteiger partial charge in [0.15, 0.2) is 11.6 Å². The number of benzene rings is 1. The molecule has 2 aromatic rings. The number of halogens is 1. The summed E-state index contributed by atoms with van der Waals surface area (Å²) in [6.07, 6.45) is 2.83. The van der Waals surface area contributed by atoms with Gasteiger partial charge >= 0.3 is 5.97 Å². The van der Waals surface area contributed by atoms with Gasteiger partial charge in [-0.25, -0.2) is 19.2 Å². The normalized spacial score (nSPS) is 10.1. The Morgan fingerprint density at radius 1 is 1.33 bits per heavy atom. The summed E-state index contributed by atoms with van der Waals surface area (Å²) in [5.41, 5.74) is 0.0757. The Morgan fingerprint density at radius 2 is 2.00 bits per heavy atom. The van der Waals surface area contributed by atoms with Crippen molar-refractivity contribution in [3.8, 4) is 17.1 Å². The lowest BCUT2D eigenvalue weighted by Crippen LogP contribution is -2.02. The van der Waals surface area contributed by atoms with Crippen LogP contribution in [-0.2, 0) is 0 Å². The number of carbonyl (C=O) groups is 1. The quantitative estimate of drug-likeness (QED) is 0.899. The zero-order valence-electron chi connectivity index (χ0n) is 9.42. The first-order valence-corrected chi connectivity index (χ1v) is 5.01. The molecule has 1 heterocycles. The largest absolute Gasteiger partial charge is 0.494 e. The molecule has 0 bridgehead atoms. The lowest BCUT2D eigenvalue weighted by molar-refractivity contribution is 0.0697. The third-order valence-electron chi connectivity index (χ3n) is 2.32. The number of carboxylic acid groups (broad SMARTS) is 1. The van der Waals surface area contributed by atoms with Gasteiger partial charge in [0, 0.05) is 5.56 Å². The van der Waals surface area contributed by atoms with E-state index in [2.05, 4.69) is 9.97 Å². The average molecular weight is 248 g/mol. The maximum atomic E-state index is 13.0. The molecule has 5 nitrogen and oxygen atoms in total. The molecule has 0 atom stereocenters. The van der Waals surface area contributed by atoms with Crippen molar-refractivity contribution in [3.63, 3.8) is 0 Å². The molecule has 0 aliphatic carbocycles. The third-order valence-corrected chi connectivity index (χ3v) is 2.32. The molecule has 0 unspecified atom stereocenters. The maximum Gasteiger partial charge on any atom is 0.336 e. The Hall–Kier alpha value is -2.50. The van der Waals surface area contributed by atoms with Gasteiger partial charge in [0.1, 0.15) is 5.82 Å². The number of nitrogens with zero attached hydrogens (tertiary/aromatic N) is 2. The second-order valence-corrected chi connectivity index (χ2v) is 3.44. The molecule has 6 heteroatoms. The number of methoxy groups -OCH3 is 1. The van der Waals surface area contributed by atoms with E-state index in [9.17, 15) is 9.18 Å². The van der Waals surface area contributed by atoms with Gasteiger partial charge in [-0.15, -0.1) is 0 Å². The van der Waals surface area contributed by atoms with Gasteiger partial charge in [0.2, 0.25) is 0 Å². The molecular formula is C12H9FN2O3. The van der Waals surface area contributed by atoms with Crippen molar-refractivity contribution in [3.05, 3.63) is 42.0 Å². The van der Waals surface area contributed by atoms with E-state index in [1.165, 1.54) is 25.6 Å². The number of aromatic nitrogens is 2. The SMILES string of the molecule is COc1cnc(-c2ccc(F)cc2C(=O)O)nc1. The Labute approximate surface area is 102 Å². The van der Waals surface area contributed by atoms with Gasteiger partial charge in [-0.3, -0.25) is 0 Å². The molecule has 1 N–H and O–H groups in total. The first-order valence-electron chi connectivity index (χ1n) is 5.01. The van der Waals surface area contributed by atoms with Crippen LogP contribution in [0.25, 0.3) is 11.4 Å². The summed E-state index contributed by atoms with van der Waals surface area (Å²) in [5.74, 6) is -1.19. The van der Waals surface area contributed by atoms with E-state index < -0.39 is 11.8 Å². The van der Waals surface area contributed by atoms with Gasteiger partial charge in [0.05, 0.1) is 25.1 Å². The zero-order valence-corrected chi connectivity index (χ0v) is 9.42. The summed E-state index contributed by atoms with van der Waals surface area (Å²) < 4.78 is 17.9. The number of carboxylic acids is 1. The molecular weight excluding hydrogens is 239 g/mol. The van der Waals surface area contributed by atoms with Crippen LogP contribution in [-0.4, -0.2) is 28.2 Å². The molecule has 0 amide bonds. The van der Waals surface area contributed by atoms with Gasteiger partial charge in [-0.2, -0.15) is 0 Å². The highest BCUT2D eigenvalue weighted by Gasteiger charge is 2.14. The Balaban J connectivity index is 2.52. The molecule has 0 spiro atoms. The standard InChI is InChI=1S/C12H9FN2O3/c1-18-8-5-14-11(15-6-8)9-3-2-7(13)4-10(9)12(16)17/h2-6H,1H3,(H,16,17). The van der Waals surface area contributed by atoms with Crippen LogP contribution >= 0.6 is 0 Å². The van der Waals surface area contributed by atoms with Crippen LogP contribution in [0, 0.1) is 5.82 Å². The number of hydrogen-bond donors (Lipinski definition) is 1. The first-order chi connectivity index (χ1) is 8.61. The van der Waals surface area contributed by atoms with E-state index in [4.69, 9.17) is 9.84 Å². The Morgan fingerprint density at radius 3 is 2.56 bits per heavy atom. The molecule has 1 aromatic carbocycles. The molecule has 0 saturated carbocycles. The molecule has 0 aliphatic heterocycles. The molecule has 0 fully saturated rings. The van der Waals surface area contributed by atoms with Crippen molar-refractivity contribution in [2.24, 2.45) is 0 Å². The van der Waals surface area contributed by atoms with Crippen molar-refractivity contribution >= 4 is 5.97 Å². The molecule has 0 aliphatic rings. The number of rotatable bonds is 3. The maximum absolute atomic E-state index is 13.0. The highest BCUT2D eigenvalue weighted by atomic mass is 19.1. The van der Waals surface area contributed by atoms with Crippen molar-refractivity contribution < 1.29 is 19.0 Å². The highest BCUT2D eigenvalue weighted by molar-refractivity contribution is 5.94. The smallest absolute Gasteiger partial charge is 0.336 e. The van der Waals surface area contributed by atoms with Crippen LogP contribution < -0.4 is 4.74 Å². The zero-order chi connectivity index (χ0) is 13.1. The fraction of sp³-hybridized carbons (Fsp3) is 0.0833. The summed E-state index contributed by atoms with van der Waals surface area (Å²) in [7, 11) is 1.47. The van der Waals surface area contributed by atoms with Gasteiger partial charge < -0.3 is 9.84 Å². The fourth-order valence-corrected chi connectivity index (χ4v) is 1.45. The minimum Gasteiger partial charge on any atom is -0.494 e. The van der Waals surface area contributed by atoms with Crippen molar-refractivity contribution in [1.29, 1.82) is 0 Å². The number of hydrogen-bond acceptors (Lipinski definition) is 4. The summed E-state index contributed by atoms with van der Waals surface area (Å²) in [4.78, 5) is 19.0. The Bertz CT molecular complexity index is 584. The summed E-state index contributed by atoms with van der Waals surface area (Å²) in [6, 6.07) is 3.43. The minimum atomic E-state index is -1.23. The van der Waals surface area contributed by atoms with Crippen LogP contribution in [0.4, 0.5) is 4.39 Å². The van der Waals surface area contributed by atoms with Crippen LogP contribution in [0.5, 0.6) is 5.75 Å². The molecule has 92 valence electrons. The molecule has 18 heavy (non-hydrogen) atoms. The van der Waals surface area contributed by atoms with E-state index >= 15 is 0 Å². The third kappa shape index (κ3) is 2.27. The van der Waals surface area contributed by atoms with Crippen LogP contribution in [0.1, 0.15) is 10.4 Å². The topological polar surface area (TPSA) is 72.3 Å². The van der Waals surface area contributed by atoms with Gasteiger partial charge in [0.25, 0.3) is 0 Å². The predicted molar refractivity (Wildman–Crippen MR) is 60.9 cm³/mol. The second kappa shape index (κ2) is 4.79. The van der Waals surface area contributed by atoms with Crippen LogP contribution in [0.15, 0.2) is 30.6 Å². The first kappa shape index (κ1) is 12.0. The van der Waals surface area contributed by atoms with E-state index in [-0.39, 0.29) is 17.0 Å². The van der Waals surface area contributed by atoms with Crippen molar-refractivity contribution in [1.82, 2.24) is 9.97 Å². The van der Waals surface area contributed by atoms with Crippen LogP contribution in [0.2, 0.25) is 0 Å². The monoisotopic (exact) mass is 248 g/mol. The number of ether oxygens (including phenoxy) is 1. The van der Waals surface area contributed by atoms with Crippen molar-refractivity contribution in [2.75, 3.05) is 7.11 Å². The van der Waals surface area contributed by atoms with Gasteiger partial charge in [-0.1, -0.05) is 0 Å². The molecule has 0 saturated heterocycles.